The molecule has 1 aromatic rings. The summed E-state index contributed by atoms with van der Waals surface area (Å²) in [5, 5.41) is 5.09. The van der Waals surface area contributed by atoms with Gasteiger partial charge in [0.2, 0.25) is 0 Å². The number of nitrogens with one attached hydrogen (secondary N) is 1. The van der Waals surface area contributed by atoms with E-state index >= 15 is 0 Å². The van der Waals surface area contributed by atoms with Gasteiger partial charge in [-0.25, -0.2) is 0 Å². The molecule has 19 heavy (non-hydrogen) atoms. The molecular formula is C16H24N2S. The van der Waals surface area contributed by atoms with Gasteiger partial charge in [0, 0.05) is 6.54 Å². The third kappa shape index (κ3) is 4.90. The predicted molar refractivity (Wildman–Crippen MR) is 85.8 cm³/mol. The summed E-state index contributed by atoms with van der Waals surface area (Å²) in [6.07, 6.45) is 3.88. The number of amidine groups is 1. The van der Waals surface area contributed by atoms with E-state index < -0.39 is 0 Å². The number of thioether (sulfide) groups is 1. The van der Waals surface area contributed by atoms with Crippen LogP contribution in [0.5, 0.6) is 0 Å². The van der Waals surface area contributed by atoms with Gasteiger partial charge in [-0.3, -0.25) is 4.99 Å². The summed E-state index contributed by atoms with van der Waals surface area (Å²) in [6, 6.07) is 10.7. The number of hydrogen-bond donors (Lipinski definition) is 1. The summed E-state index contributed by atoms with van der Waals surface area (Å²) in [5.41, 5.74) is 1.38. The monoisotopic (exact) mass is 276 g/mol. The van der Waals surface area contributed by atoms with Crippen molar-refractivity contribution < 1.29 is 0 Å². The van der Waals surface area contributed by atoms with E-state index in [2.05, 4.69) is 54.5 Å². The molecule has 2 nitrogen and oxygen atoms in total. The molecule has 1 N–H and O–H groups in total. The standard InChI is InChI=1S/C16H24N2S/c1-13(2)8-6-7-11-17-16-18-12-15(19-16)14-9-4-3-5-10-14/h3-5,9-10,13,15H,6-8,11-12H2,1-2H3,(H,17,18). The van der Waals surface area contributed by atoms with Crippen LogP contribution in [-0.4, -0.2) is 18.3 Å². The molecule has 1 heterocycles. The van der Waals surface area contributed by atoms with Gasteiger partial charge in [-0.05, 0) is 17.9 Å². The molecule has 0 fully saturated rings. The van der Waals surface area contributed by atoms with Gasteiger partial charge < -0.3 is 5.32 Å². The van der Waals surface area contributed by atoms with E-state index in [-0.39, 0.29) is 0 Å². The van der Waals surface area contributed by atoms with E-state index in [0.717, 1.165) is 24.2 Å². The number of unbranched alkanes of at least 4 members (excludes halogenated alkanes) is 1. The normalized spacial score (nSPS) is 18.7. The maximum atomic E-state index is 4.59. The molecule has 0 amide bonds. The SMILES string of the molecule is CC(C)CCCCNC1=NCC(c2ccccc2)S1. The van der Waals surface area contributed by atoms with Gasteiger partial charge >= 0.3 is 0 Å². The quantitative estimate of drug-likeness (QED) is 0.786. The van der Waals surface area contributed by atoms with Crippen LogP contribution in [0.1, 0.15) is 43.9 Å². The van der Waals surface area contributed by atoms with Crippen molar-refractivity contribution in [2.45, 2.75) is 38.4 Å². The van der Waals surface area contributed by atoms with Crippen LogP contribution in [0.15, 0.2) is 35.3 Å². The predicted octanol–water partition coefficient (Wildman–Crippen LogP) is 4.25. The van der Waals surface area contributed by atoms with Gasteiger partial charge in [0.05, 0.1) is 11.8 Å². The first-order valence-corrected chi connectivity index (χ1v) is 8.13. The summed E-state index contributed by atoms with van der Waals surface area (Å²) >= 11 is 1.87. The fourth-order valence-electron chi connectivity index (χ4n) is 2.19. The molecule has 0 bridgehead atoms. The van der Waals surface area contributed by atoms with Gasteiger partial charge in [0.25, 0.3) is 0 Å². The molecular weight excluding hydrogens is 252 g/mol. The smallest absolute Gasteiger partial charge is 0.157 e. The fourth-order valence-corrected chi connectivity index (χ4v) is 3.23. The Morgan fingerprint density at radius 2 is 2.05 bits per heavy atom. The minimum Gasteiger partial charge on any atom is -0.365 e. The zero-order valence-electron chi connectivity index (χ0n) is 11.9. The summed E-state index contributed by atoms with van der Waals surface area (Å²) in [7, 11) is 0. The highest BCUT2D eigenvalue weighted by molar-refractivity contribution is 8.14. The lowest BCUT2D eigenvalue weighted by Crippen LogP contribution is -2.20. The molecule has 0 spiro atoms. The molecule has 1 aromatic carbocycles. The zero-order chi connectivity index (χ0) is 13.5. The Labute approximate surface area is 121 Å². The first-order valence-electron chi connectivity index (χ1n) is 7.25. The van der Waals surface area contributed by atoms with Crippen LogP contribution < -0.4 is 5.32 Å². The lowest BCUT2D eigenvalue weighted by atomic mass is 10.1. The second-order valence-corrected chi connectivity index (χ2v) is 6.67. The molecule has 0 saturated heterocycles. The molecule has 0 aromatic heterocycles. The van der Waals surface area contributed by atoms with Gasteiger partial charge in [0.15, 0.2) is 5.17 Å². The number of benzene rings is 1. The number of aliphatic imine (C=N–C) groups is 1. The van der Waals surface area contributed by atoms with Gasteiger partial charge in [-0.2, -0.15) is 0 Å². The Kier molecular flexibility index (Phi) is 5.77. The van der Waals surface area contributed by atoms with Crippen LogP contribution in [-0.2, 0) is 0 Å². The molecule has 0 aliphatic carbocycles. The van der Waals surface area contributed by atoms with Crippen LogP contribution in [0.3, 0.4) is 0 Å². The number of hydrogen-bond acceptors (Lipinski definition) is 3. The average molecular weight is 276 g/mol. The minimum atomic E-state index is 0.499. The first-order chi connectivity index (χ1) is 9.25. The van der Waals surface area contributed by atoms with Gasteiger partial charge in [0.1, 0.15) is 0 Å². The van der Waals surface area contributed by atoms with Crippen molar-refractivity contribution in [3.8, 4) is 0 Å². The van der Waals surface area contributed by atoms with E-state index in [1.54, 1.807) is 0 Å². The third-order valence-electron chi connectivity index (χ3n) is 3.31. The Hall–Kier alpha value is -0.960. The van der Waals surface area contributed by atoms with Crippen LogP contribution in [0, 0.1) is 5.92 Å². The Bertz CT molecular complexity index is 400. The van der Waals surface area contributed by atoms with E-state index in [1.807, 2.05) is 11.8 Å². The molecule has 1 unspecified atom stereocenters. The van der Waals surface area contributed by atoms with E-state index in [1.165, 1.54) is 24.8 Å². The molecule has 1 aliphatic rings. The average Bonchev–Trinajstić information content (AvgIpc) is 2.88. The summed E-state index contributed by atoms with van der Waals surface area (Å²) in [4.78, 5) is 4.59. The fraction of sp³-hybridized carbons (Fsp3) is 0.562. The van der Waals surface area contributed by atoms with Crippen LogP contribution >= 0.6 is 11.8 Å². The zero-order valence-corrected chi connectivity index (χ0v) is 12.7. The molecule has 1 atom stereocenters. The molecule has 0 saturated carbocycles. The lowest BCUT2D eigenvalue weighted by molar-refractivity contribution is 0.536. The Morgan fingerprint density at radius 1 is 1.26 bits per heavy atom. The lowest BCUT2D eigenvalue weighted by Gasteiger charge is -2.09. The van der Waals surface area contributed by atoms with Crippen molar-refractivity contribution in [1.82, 2.24) is 5.32 Å². The summed E-state index contributed by atoms with van der Waals surface area (Å²) in [6.45, 7) is 6.53. The van der Waals surface area contributed by atoms with E-state index in [9.17, 15) is 0 Å². The second kappa shape index (κ2) is 7.59. The van der Waals surface area contributed by atoms with Crippen molar-refractivity contribution in [1.29, 1.82) is 0 Å². The molecule has 104 valence electrons. The topological polar surface area (TPSA) is 24.4 Å². The molecule has 0 radical (unpaired) electrons. The highest BCUT2D eigenvalue weighted by Crippen LogP contribution is 2.34. The van der Waals surface area contributed by atoms with Crippen molar-refractivity contribution in [2.24, 2.45) is 10.9 Å². The van der Waals surface area contributed by atoms with Crippen molar-refractivity contribution >= 4 is 16.9 Å². The molecule has 1 aliphatic heterocycles. The van der Waals surface area contributed by atoms with Crippen molar-refractivity contribution in [3.05, 3.63) is 35.9 Å². The molecule has 3 heteroatoms. The van der Waals surface area contributed by atoms with Gasteiger partial charge in [-0.15, -0.1) is 0 Å². The Morgan fingerprint density at radius 3 is 2.79 bits per heavy atom. The highest BCUT2D eigenvalue weighted by atomic mass is 32.2. The highest BCUT2D eigenvalue weighted by Gasteiger charge is 2.20. The number of nitrogens with zero attached hydrogens (tertiary/aromatic N) is 1. The van der Waals surface area contributed by atoms with Crippen LogP contribution in [0.4, 0.5) is 0 Å². The number of rotatable bonds is 6. The van der Waals surface area contributed by atoms with Gasteiger partial charge in [-0.1, -0.05) is 68.8 Å². The Balaban J connectivity index is 1.65. The van der Waals surface area contributed by atoms with Crippen LogP contribution in [0.25, 0.3) is 0 Å². The molecule has 2 rings (SSSR count). The van der Waals surface area contributed by atoms with E-state index in [4.69, 9.17) is 0 Å². The maximum absolute atomic E-state index is 4.59. The van der Waals surface area contributed by atoms with Crippen LogP contribution in [0.2, 0.25) is 0 Å². The van der Waals surface area contributed by atoms with Crippen molar-refractivity contribution in [2.75, 3.05) is 13.1 Å². The third-order valence-corrected chi connectivity index (χ3v) is 4.51. The maximum Gasteiger partial charge on any atom is 0.157 e. The minimum absolute atomic E-state index is 0.499. The van der Waals surface area contributed by atoms with Crippen molar-refractivity contribution in [3.63, 3.8) is 0 Å². The van der Waals surface area contributed by atoms with E-state index in [0.29, 0.717) is 5.25 Å². The first kappa shape index (κ1) is 14.4. The largest absolute Gasteiger partial charge is 0.365 e. The summed E-state index contributed by atoms with van der Waals surface area (Å²) < 4.78 is 0. The second-order valence-electron chi connectivity index (χ2n) is 5.48. The summed E-state index contributed by atoms with van der Waals surface area (Å²) in [5.74, 6) is 0.820.